The third-order valence-electron chi connectivity index (χ3n) is 2.64. The molecular formula is C12H26N2O. The molecule has 15 heavy (non-hydrogen) atoms. The molecule has 0 radical (unpaired) electrons. The van der Waals surface area contributed by atoms with Gasteiger partial charge in [-0.05, 0) is 26.9 Å². The summed E-state index contributed by atoms with van der Waals surface area (Å²) in [4.78, 5) is 15.2. The van der Waals surface area contributed by atoms with Crippen molar-refractivity contribution in [2.75, 3.05) is 27.2 Å². The fourth-order valence-corrected chi connectivity index (χ4v) is 1.70. The van der Waals surface area contributed by atoms with E-state index in [-0.39, 0.29) is 5.91 Å². The lowest BCUT2D eigenvalue weighted by Gasteiger charge is -2.34. The Morgan fingerprint density at radius 2 is 1.67 bits per heavy atom. The topological polar surface area (TPSA) is 23.6 Å². The van der Waals surface area contributed by atoms with Crippen LogP contribution >= 0.6 is 0 Å². The molecular weight excluding hydrogens is 188 g/mol. The lowest BCUT2D eigenvalue weighted by molar-refractivity contribution is -0.130. The molecule has 1 fully saturated rings. The lowest BCUT2D eigenvalue weighted by Crippen LogP contribution is -2.43. The summed E-state index contributed by atoms with van der Waals surface area (Å²) in [5, 5.41) is 0. The number of hydrogen-bond acceptors (Lipinski definition) is 2. The Morgan fingerprint density at radius 3 is 1.93 bits per heavy atom. The molecule has 0 aromatic carbocycles. The van der Waals surface area contributed by atoms with Gasteiger partial charge < -0.3 is 9.80 Å². The number of rotatable bonds is 1. The molecule has 0 aromatic heterocycles. The van der Waals surface area contributed by atoms with E-state index in [2.05, 4.69) is 32.8 Å². The van der Waals surface area contributed by atoms with Crippen LogP contribution in [-0.4, -0.2) is 48.9 Å². The first-order chi connectivity index (χ1) is 7.02. The zero-order valence-electron chi connectivity index (χ0n) is 10.9. The van der Waals surface area contributed by atoms with Crippen LogP contribution in [0.5, 0.6) is 0 Å². The van der Waals surface area contributed by atoms with Gasteiger partial charge in [-0.15, -0.1) is 0 Å². The predicted molar refractivity (Wildman–Crippen MR) is 64.9 cm³/mol. The number of carbonyl (C=O) groups is 1. The van der Waals surface area contributed by atoms with Crippen LogP contribution in [0.15, 0.2) is 0 Å². The maximum absolute atomic E-state index is 11.0. The van der Waals surface area contributed by atoms with Crippen LogP contribution in [0.3, 0.4) is 0 Å². The van der Waals surface area contributed by atoms with Gasteiger partial charge in [0.15, 0.2) is 0 Å². The maximum atomic E-state index is 11.0. The minimum Gasteiger partial charge on any atom is -0.343 e. The minimum atomic E-state index is 0.215. The van der Waals surface area contributed by atoms with E-state index < -0.39 is 0 Å². The molecule has 3 nitrogen and oxygen atoms in total. The van der Waals surface area contributed by atoms with Crippen LogP contribution in [0.25, 0.3) is 0 Å². The average Bonchev–Trinajstić information content (AvgIpc) is 2.19. The molecule has 1 rings (SSSR count). The molecule has 1 aliphatic rings. The number of piperidine rings is 1. The zero-order valence-corrected chi connectivity index (χ0v) is 10.9. The first kappa shape index (κ1) is 14.4. The van der Waals surface area contributed by atoms with Crippen molar-refractivity contribution in [3.8, 4) is 0 Å². The standard InChI is InChI=1S/C9H18N2O.C3H8/c1-8(12)11-6-4-9(5-7-11)10(2)3;1-3-2/h9H,4-7H2,1-3H3;3H2,1-2H3. The number of nitrogens with zero attached hydrogens (tertiary/aromatic N) is 2. The molecule has 3 heteroatoms. The van der Waals surface area contributed by atoms with Gasteiger partial charge >= 0.3 is 0 Å². The van der Waals surface area contributed by atoms with E-state index in [0.717, 1.165) is 25.9 Å². The van der Waals surface area contributed by atoms with Gasteiger partial charge in [0, 0.05) is 26.1 Å². The molecule has 0 spiro atoms. The summed E-state index contributed by atoms with van der Waals surface area (Å²) in [7, 11) is 4.21. The highest BCUT2D eigenvalue weighted by molar-refractivity contribution is 5.73. The summed E-state index contributed by atoms with van der Waals surface area (Å²) in [5.74, 6) is 0.215. The molecule has 0 unspecified atom stereocenters. The van der Waals surface area contributed by atoms with Crippen LogP contribution < -0.4 is 0 Å². The lowest BCUT2D eigenvalue weighted by atomic mass is 10.0. The quantitative estimate of drug-likeness (QED) is 0.666. The van der Waals surface area contributed by atoms with Gasteiger partial charge in [-0.3, -0.25) is 4.79 Å². The molecule has 0 N–H and O–H groups in total. The molecule has 0 aliphatic carbocycles. The van der Waals surface area contributed by atoms with Crippen molar-refractivity contribution in [2.24, 2.45) is 0 Å². The van der Waals surface area contributed by atoms with Crippen LogP contribution in [0.1, 0.15) is 40.0 Å². The third kappa shape index (κ3) is 5.78. The van der Waals surface area contributed by atoms with Crippen LogP contribution in [0.2, 0.25) is 0 Å². The molecule has 0 saturated carbocycles. The van der Waals surface area contributed by atoms with Crippen molar-refractivity contribution in [3.05, 3.63) is 0 Å². The molecule has 1 amide bonds. The van der Waals surface area contributed by atoms with Crippen molar-refractivity contribution in [3.63, 3.8) is 0 Å². The van der Waals surface area contributed by atoms with Crippen LogP contribution in [0, 0.1) is 0 Å². The minimum absolute atomic E-state index is 0.215. The van der Waals surface area contributed by atoms with E-state index in [1.807, 2.05) is 4.90 Å². The average molecular weight is 214 g/mol. The summed E-state index contributed by atoms with van der Waals surface area (Å²) in [6.07, 6.45) is 3.49. The summed E-state index contributed by atoms with van der Waals surface area (Å²) < 4.78 is 0. The smallest absolute Gasteiger partial charge is 0.219 e. The Kier molecular flexibility index (Phi) is 7.39. The van der Waals surface area contributed by atoms with Crippen molar-refractivity contribution < 1.29 is 4.79 Å². The SMILES string of the molecule is CC(=O)N1CCC(N(C)C)CC1.CCC. The largest absolute Gasteiger partial charge is 0.343 e. The Morgan fingerprint density at radius 1 is 1.27 bits per heavy atom. The number of hydrogen-bond donors (Lipinski definition) is 0. The maximum Gasteiger partial charge on any atom is 0.219 e. The number of likely N-dealkylation sites (tertiary alicyclic amines) is 1. The second-order valence-corrected chi connectivity index (χ2v) is 4.41. The zero-order chi connectivity index (χ0) is 11.8. The highest BCUT2D eigenvalue weighted by atomic mass is 16.2. The molecule has 1 aliphatic heterocycles. The first-order valence-corrected chi connectivity index (χ1v) is 5.94. The van der Waals surface area contributed by atoms with Gasteiger partial charge in [0.2, 0.25) is 5.91 Å². The van der Waals surface area contributed by atoms with E-state index in [1.54, 1.807) is 6.92 Å². The number of carbonyl (C=O) groups excluding carboxylic acids is 1. The van der Waals surface area contributed by atoms with Crippen molar-refractivity contribution in [1.82, 2.24) is 9.80 Å². The van der Waals surface area contributed by atoms with Crippen molar-refractivity contribution >= 4 is 5.91 Å². The molecule has 0 atom stereocenters. The predicted octanol–water partition coefficient (Wildman–Crippen LogP) is 1.98. The summed E-state index contributed by atoms with van der Waals surface area (Å²) in [6.45, 7) is 7.76. The van der Waals surface area contributed by atoms with Gasteiger partial charge in [-0.1, -0.05) is 20.3 Å². The summed E-state index contributed by atoms with van der Waals surface area (Å²) in [5.41, 5.74) is 0. The molecule has 1 heterocycles. The summed E-state index contributed by atoms with van der Waals surface area (Å²) in [6, 6.07) is 0.667. The second-order valence-electron chi connectivity index (χ2n) is 4.41. The van der Waals surface area contributed by atoms with Gasteiger partial charge in [0.05, 0.1) is 0 Å². The Balaban J connectivity index is 0.000000583. The van der Waals surface area contributed by atoms with Gasteiger partial charge in [0.1, 0.15) is 0 Å². The van der Waals surface area contributed by atoms with E-state index in [1.165, 1.54) is 6.42 Å². The molecule has 90 valence electrons. The van der Waals surface area contributed by atoms with E-state index in [4.69, 9.17) is 0 Å². The highest BCUT2D eigenvalue weighted by Crippen LogP contribution is 2.13. The monoisotopic (exact) mass is 214 g/mol. The van der Waals surface area contributed by atoms with E-state index >= 15 is 0 Å². The molecule has 0 aromatic rings. The normalized spacial score (nSPS) is 17.3. The van der Waals surface area contributed by atoms with Crippen molar-refractivity contribution in [1.29, 1.82) is 0 Å². The third-order valence-corrected chi connectivity index (χ3v) is 2.64. The molecule has 0 bridgehead atoms. The van der Waals surface area contributed by atoms with Gasteiger partial charge in [0.25, 0.3) is 0 Å². The van der Waals surface area contributed by atoms with Gasteiger partial charge in [-0.25, -0.2) is 0 Å². The van der Waals surface area contributed by atoms with Crippen LogP contribution in [0.4, 0.5) is 0 Å². The van der Waals surface area contributed by atoms with Crippen molar-refractivity contribution in [2.45, 2.75) is 46.1 Å². The fraction of sp³-hybridized carbons (Fsp3) is 0.917. The Labute approximate surface area is 94.4 Å². The van der Waals surface area contributed by atoms with E-state index in [9.17, 15) is 4.79 Å². The van der Waals surface area contributed by atoms with Gasteiger partial charge in [-0.2, -0.15) is 0 Å². The second kappa shape index (κ2) is 7.69. The first-order valence-electron chi connectivity index (χ1n) is 5.94. The Hall–Kier alpha value is -0.570. The van der Waals surface area contributed by atoms with E-state index in [0.29, 0.717) is 6.04 Å². The van der Waals surface area contributed by atoms with Crippen LogP contribution in [-0.2, 0) is 4.79 Å². The molecule has 1 saturated heterocycles. The number of amides is 1. The fourth-order valence-electron chi connectivity index (χ4n) is 1.70. The Bertz CT molecular complexity index is 172. The highest BCUT2D eigenvalue weighted by Gasteiger charge is 2.21. The summed E-state index contributed by atoms with van der Waals surface area (Å²) >= 11 is 0.